The van der Waals surface area contributed by atoms with Gasteiger partial charge in [-0.05, 0) is 37.1 Å². The molecule has 0 aliphatic rings. The van der Waals surface area contributed by atoms with Gasteiger partial charge in [0.05, 0.1) is 6.26 Å². The van der Waals surface area contributed by atoms with Crippen LogP contribution in [0.2, 0.25) is 0 Å². The van der Waals surface area contributed by atoms with Crippen molar-refractivity contribution >= 4 is 11.0 Å². The van der Waals surface area contributed by atoms with Crippen molar-refractivity contribution in [1.82, 2.24) is 0 Å². The molecule has 1 aromatic heterocycles. The molecule has 2 aromatic rings. The van der Waals surface area contributed by atoms with Gasteiger partial charge in [-0.1, -0.05) is 0 Å². The first-order valence-corrected chi connectivity index (χ1v) is 3.76. The van der Waals surface area contributed by atoms with Gasteiger partial charge in [-0.2, -0.15) is 0 Å². The summed E-state index contributed by atoms with van der Waals surface area (Å²) in [6, 6.07) is 4.49. The maximum atomic E-state index is 12.8. The summed E-state index contributed by atoms with van der Waals surface area (Å²) in [6.45, 7) is 3.73. The lowest BCUT2D eigenvalue weighted by atomic mass is 10.1. The van der Waals surface area contributed by atoms with Crippen molar-refractivity contribution in [2.75, 3.05) is 0 Å². The topological polar surface area (TPSA) is 13.1 Å². The molecule has 12 heavy (non-hydrogen) atoms. The molecule has 1 nitrogen and oxygen atoms in total. The van der Waals surface area contributed by atoms with Crippen molar-refractivity contribution in [3.05, 3.63) is 42.8 Å². The number of furan rings is 1. The number of hydrogen-bond donors (Lipinski definition) is 0. The van der Waals surface area contributed by atoms with Crippen molar-refractivity contribution in [3.8, 4) is 0 Å². The zero-order valence-electron chi connectivity index (χ0n) is 6.51. The van der Waals surface area contributed by atoms with Gasteiger partial charge < -0.3 is 4.42 Å². The van der Waals surface area contributed by atoms with Gasteiger partial charge in [-0.15, -0.1) is 0 Å². The van der Waals surface area contributed by atoms with Gasteiger partial charge in [-0.25, -0.2) is 4.39 Å². The molecule has 1 heterocycles. The third kappa shape index (κ3) is 0.998. The smallest absolute Gasteiger partial charge is 0.134 e. The highest BCUT2D eigenvalue weighted by Gasteiger charge is 2.03. The third-order valence-electron chi connectivity index (χ3n) is 1.89. The lowest BCUT2D eigenvalue weighted by Gasteiger charge is -1.91. The first kappa shape index (κ1) is 7.35. The Bertz CT molecular complexity index is 403. The monoisotopic (exact) mass is 163 g/mol. The summed E-state index contributed by atoms with van der Waals surface area (Å²) in [5.41, 5.74) is 1.67. The van der Waals surface area contributed by atoms with Crippen LogP contribution < -0.4 is 0 Å². The van der Waals surface area contributed by atoms with Crippen LogP contribution in [0, 0.1) is 12.7 Å². The minimum Gasteiger partial charge on any atom is -0.464 e. The van der Waals surface area contributed by atoms with Crippen LogP contribution in [0.5, 0.6) is 0 Å². The first-order valence-electron chi connectivity index (χ1n) is 3.76. The van der Waals surface area contributed by atoms with Crippen LogP contribution in [0.25, 0.3) is 11.0 Å². The van der Waals surface area contributed by atoms with Crippen molar-refractivity contribution in [3.63, 3.8) is 0 Å². The molecule has 61 valence electrons. The van der Waals surface area contributed by atoms with E-state index in [0.717, 1.165) is 16.5 Å². The van der Waals surface area contributed by atoms with E-state index in [0.29, 0.717) is 6.42 Å². The van der Waals surface area contributed by atoms with E-state index in [1.54, 1.807) is 12.3 Å². The predicted molar refractivity (Wildman–Crippen MR) is 45.2 cm³/mol. The van der Waals surface area contributed by atoms with Crippen molar-refractivity contribution in [2.24, 2.45) is 0 Å². The fourth-order valence-electron chi connectivity index (χ4n) is 1.25. The summed E-state index contributed by atoms with van der Waals surface area (Å²) >= 11 is 0. The molecule has 0 aliphatic heterocycles. The Morgan fingerprint density at radius 3 is 3.00 bits per heavy atom. The number of halogens is 1. The Morgan fingerprint density at radius 1 is 1.42 bits per heavy atom. The zero-order chi connectivity index (χ0) is 8.55. The number of fused-ring (bicyclic) bond motifs is 1. The summed E-state index contributed by atoms with van der Waals surface area (Å²) in [7, 11) is 0. The van der Waals surface area contributed by atoms with Gasteiger partial charge >= 0.3 is 0 Å². The lowest BCUT2D eigenvalue weighted by molar-refractivity contribution is 0.607. The summed E-state index contributed by atoms with van der Waals surface area (Å²) in [4.78, 5) is 0. The lowest BCUT2D eigenvalue weighted by Crippen LogP contribution is -1.77. The SMILES string of the molecule is [CH2]Cc1coc2ccc(F)cc12. The molecular formula is C10H8FO. The van der Waals surface area contributed by atoms with Gasteiger partial charge in [0.15, 0.2) is 0 Å². The van der Waals surface area contributed by atoms with Crippen LogP contribution in [0.4, 0.5) is 4.39 Å². The van der Waals surface area contributed by atoms with Gasteiger partial charge in [0.1, 0.15) is 11.4 Å². The number of hydrogen-bond acceptors (Lipinski definition) is 1. The van der Waals surface area contributed by atoms with E-state index in [9.17, 15) is 4.39 Å². The Balaban J connectivity index is 2.75. The molecule has 0 aliphatic carbocycles. The standard InChI is InChI=1S/C10H8FO/c1-2-7-6-12-10-4-3-8(11)5-9(7)10/h3-6H,1-2H2. The first-order chi connectivity index (χ1) is 5.81. The van der Waals surface area contributed by atoms with Gasteiger partial charge in [0.25, 0.3) is 0 Å². The fourth-order valence-corrected chi connectivity index (χ4v) is 1.25. The molecule has 0 fully saturated rings. The Hall–Kier alpha value is -1.31. The minimum absolute atomic E-state index is 0.237. The Kier molecular flexibility index (Phi) is 1.61. The molecule has 0 N–H and O–H groups in total. The molecule has 0 amide bonds. The molecule has 1 radical (unpaired) electrons. The molecule has 0 unspecified atom stereocenters. The van der Waals surface area contributed by atoms with Crippen LogP contribution >= 0.6 is 0 Å². The quantitative estimate of drug-likeness (QED) is 0.630. The Morgan fingerprint density at radius 2 is 2.25 bits per heavy atom. The second-order valence-corrected chi connectivity index (χ2v) is 2.65. The van der Waals surface area contributed by atoms with Crippen molar-refractivity contribution in [1.29, 1.82) is 0 Å². The summed E-state index contributed by atoms with van der Waals surface area (Å²) in [5.74, 6) is -0.237. The molecular weight excluding hydrogens is 155 g/mol. The van der Waals surface area contributed by atoms with E-state index >= 15 is 0 Å². The fraction of sp³-hybridized carbons (Fsp3) is 0.100. The normalized spacial score (nSPS) is 10.8. The van der Waals surface area contributed by atoms with Crippen molar-refractivity contribution in [2.45, 2.75) is 6.42 Å². The summed E-state index contributed by atoms with van der Waals surface area (Å²) < 4.78 is 18.0. The van der Waals surface area contributed by atoms with Crippen LogP contribution in [-0.2, 0) is 6.42 Å². The highest BCUT2D eigenvalue weighted by molar-refractivity contribution is 5.81. The molecule has 0 atom stereocenters. The van der Waals surface area contributed by atoms with Gasteiger partial charge in [0, 0.05) is 5.39 Å². The maximum Gasteiger partial charge on any atom is 0.134 e. The molecule has 0 bridgehead atoms. The molecule has 2 heteroatoms. The van der Waals surface area contributed by atoms with Crippen LogP contribution in [0.15, 0.2) is 28.9 Å². The van der Waals surface area contributed by atoms with Gasteiger partial charge in [-0.3, -0.25) is 0 Å². The average Bonchev–Trinajstić information content (AvgIpc) is 2.46. The molecule has 1 aromatic carbocycles. The number of benzene rings is 1. The molecule has 0 saturated heterocycles. The van der Waals surface area contributed by atoms with Gasteiger partial charge in [0.2, 0.25) is 0 Å². The second kappa shape index (κ2) is 2.63. The van der Waals surface area contributed by atoms with E-state index in [-0.39, 0.29) is 5.82 Å². The summed E-state index contributed by atoms with van der Waals surface area (Å²) in [6.07, 6.45) is 2.24. The van der Waals surface area contributed by atoms with Crippen LogP contribution in [0.3, 0.4) is 0 Å². The highest BCUT2D eigenvalue weighted by Crippen LogP contribution is 2.21. The van der Waals surface area contributed by atoms with E-state index in [1.165, 1.54) is 12.1 Å². The van der Waals surface area contributed by atoms with E-state index in [2.05, 4.69) is 6.92 Å². The largest absolute Gasteiger partial charge is 0.464 e. The van der Waals surface area contributed by atoms with E-state index in [4.69, 9.17) is 4.42 Å². The summed E-state index contributed by atoms with van der Waals surface area (Å²) in [5, 5.41) is 0.824. The molecule has 0 spiro atoms. The van der Waals surface area contributed by atoms with Crippen LogP contribution in [0.1, 0.15) is 5.56 Å². The molecule has 2 rings (SSSR count). The van der Waals surface area contributed by atoms with E-state index < -0.39 is 0 Å². The second-order valence-electron chi connectivity index (χ2n) is 2.65. The minimum atomic E-state index is -0.237. The average molecular weight is 163 g/mol. The highest BCUT2D eigenvalue weighted by atomic mass is 19.1. The van der Waals surface area contributed by atoms with Crippen LogP contribution in [-0.4, -0.2) is 0 Å². The molecule has 0 saturated carbocycles. The predicted octanol–water partition coefficient (Wildman–Crippen LogP) is 2.95. The van der Waals surface area contributed by atoms with Crippen molar-refractivity contribution < 1.29 is 8.81 Å². The third-order valence-corrected chi connectivity index (χ3v) is 1.89. The zero-order valence-corrected chi connectivity index (χ0v) is 6.51. The van der Waals surface area contributed by atoms with E-state index in [1.807, 2.05) is 0 Å². The Labute approximate surface area is 69.8 Å². The maximum absolute atomic E-state index is 12.8. The number of rotatable bonds is 1.